The van der Waals surface area contributed by atoms with Crippen molar-refractivity contribution in [2.75, 3.05) is 82.6 Å². The van der Waals surface area contributed by atoms with E-state index in [1.807, 2.05) is 0 Å². The minimum absolute atomic E-state index is 0. The fraction of sp³-hybridized carbons (Fsp3) is 0.300. The normalized spacial score (nSPS) is 28.1. The van der Waals surface area contributed by atoms with Gasteiger partial charge in [-0.1, -0.05) is 0 Å². The molecule has 0 radical (unpaired) electrons. The second-order valence-corrected chi connectivity index (χ2v) is 15.4. The number of nitrogens with zero attached hydrogens (tertiary/aromatic N) is 10. The van der Waals surface area contributed by atoms with Crippen LogP contribution in [-0.4, -0.2) is 123 Å². The van der Waals surface area contributed by atoms with Crippen molar-refractivity contribution in [3.8, 4) is 0 Å². The zero-order valence-electron chi connectivity index (χ0n) is 33.1. The highest BCUT2D eigenvalue weighted by Crippen LogP contribution is 2.44. The van der Waals surface area contributed by atoms with Crippen LogP contribution in [0.15, 0.2) is 73.4 Å². The van der Waals surface area contributed by atoms with Crippen LogP contribution in [0.3, 0.4) is 0 Å². The minimum atomic E-state index is 0. The maximum atomic E-state index is 5.54. The highest BCUT2D eigenvalue weighted by Gasteiger charge is 2.43. The molecule has 0 aliphatic carbocycles. The number of rotatable bonds is 4. The van der Waals surface area contributed by atoms with Crippen LogP contribution in [0.4, 0.5) is 22.7 Å². The Labute approximate surface area is 354 Å². The van der Waals surface area contributed by atoms with Crippen LogP contribution in [0.2, 0.25) is 0 Å². The molecule has 0 saturated heterocycles. The number of fused-ring (bicyclic) bond motifs is 8. The monoisotopic (exact) mass is 838 g/mol. The predicted octanol–water partition coefficient (Wildman–Crippen LogP) is -6.08. The number of nitrogens with one attached hydrogen (secondary N) is 2. The van der Waals surface area contributed by atoms with E-state index in [1.165, 1.54) is 0 Å². The Morgan fingerprint density at radius 1 is 0.411 bits per heavy atom. The van der Waals surface area contributed by atoms with E-state index in [2.05, 4.69) is 184 Å². The lowest BCUT2D eigenvalue weighted by atomic mass is 10.2. The van der Waals surface area contributed by atoms with Crippen LogP contribution in [0, 0.1) is 0 Å². The molecule has 0 fully saturated rings. The largest absolute Gasteiger partial charge is 1.00 e. The average molecular weight is 841 g/mol. The summed E-state index contributed by atoms with van der Waals surface area (Å²) in [5.41, 5.74) is 12.1. The van der Waals surface area contributed by atoms with Gasteiger partial charge >= 0.3 is 0 Å². The SMILES string of the molecule is CN1CC=C[N+]1(C)c1c2nc(c([N+]3(C)C=CCN3C)c3ccc([nH]3)c([N+]3(C)C=CCN3C)c3nc(c([N+]4(C)C=CCN4C)c4ccc1[nH]4)C=C3)C=C2.[Cl-].[Cl-].[Cl-].[Cl-]. The first kappa shape index (κ1) is 43.5. The van der Waals surface area contributed by atoms with Crippen LogP contribution in [0.1, 0.15) is 22.8 Å². The van der Waals surface area contributed by atoms with E-state index in [-0.39, 0.29) is 49.6 Å². The molecule has 0 saturated carbocycles. The Morgan fingerprint density at radius 3 is 0.804 bits per heavy atom. The third kappa shape index (κ3) is 6.24. The molecule has 0 amide bonds. The summed E-state index contributed by atoms with van der Waals surface area (Å²) in [6.45, 7) is 3.38. The van der Waals surface area contributed by atoms with Gasteiger partial charge in [0.05, 0.1) is 54.4 Å². The van der Waals surface area contributed by atoms with Crippen LogP contribution in [0.25, 0.3) is 46.4 Å². The van der Waals surface area contributed by atoms with Gasteiger partial charge in [0.15, 0.2) is 0 Å². The van der Waals surface area contributed by atoms with Gasteiger partial charge in [0.25, 0.3) is 0 Å². The van der Waals surface area contributed by atoms with Gasteiger partial charge in [-0.3, -0.25) is 0 Å². The van der Waals surface area contributed by atoms with Crippen molar-refractivity contribution < 1.29 is 49.6 Å². The van der Waals surface area contributed by atoms with E-state index in [0.29, 0.717) is 18.4 Å². The summed E-state index contributed by atoms with van der Waals surface area (Å²) in [5.74, 6) is 0. The number of hydrogen-bond donors (Lipinski definition) is 2. The smallest absolute Gasteiger partial charge is 0.206 e. The van der Waals surface area contributed by atoms with E-state index in [9.17, 15) is 0 Å². The van der Waals surface area contributed by atoms with Crippen molar-refractivity contribution in [3.63, 3.8) is 0 Å². The van der Waals surface area contributed by atoms with Crippen LogP contribution in [0.5, 0.6) is 0 Å². The zero-order valence-corrected chi connectivity index (χ0v) is 36.1. The van der Waals surface area contributed by atoms with Gasteiger partial charge in [-0.05, 0) is 72.9 Å². The second kappa shape index (κ2) is 15.3. The fourth-order valence-corrected chi connectivity index (χ4v) is 8.78. The van der Waals surface area contributed by atoms with Crippen molar-refractivity contribution in [2.24, 2.45) is 0 Å². The zero-order chi connectivity index (χ0) is 36.2. The van der Waals surface area contributed by atoms with E-state index >= 15 is 0 Å². The number of aromatic amines is 2. The number of quaternary nitrogens is 4. The molecule has 9 rings (SSSR count). The lowest BCUT2D eigenvalue weighted by Gasteiger charge is -2.34. The van der Waals surface area contributed by atoms with Gasteiger partial charge in [-0.2, -0.15) is 18.4 Å². The summed E-state index contributed by atoms with van der Waals surface area (Å²) < 4.78 is 1.95. The third-order valence-corrected chi connectivity index (χ3v) is 12.4. The van der Waals surface area contributed by atoms with Gasteiger partial charge in [-0.25, -0.2) is 9.97 Å². The molecule has 298 valence electrons. The van der Waals surface area contributed by atoms with Crippen molar-refractivity contribution in [1.29, 1.82) is 0 Å². The number of halogens is 4. The second-order valence-electron chi connectivity index (χ2n) is 15.4. The molecule has 4 atom stereocenters. The molecular weight excluding hydrogens is 790 g/mol. The lowest BCUT2D eigenvalue weighted by molar-refractivity contribution is -0.00100. The number of aromatic nitrogens is 4. The molecule has 16 heteroatoms. The molecule has 12 nitrogen and oxygen atoms in total. The van der Waals surface area contributed by atoms with Gasteiger partial charge in [0, 0.05) is 28.2 Å². The summed E-state index contributed by atoms with van der Waals surface area (Å²) in [7, 11) is 17.6. The molecule has 0 aromatic carbocycles. The Bertz CT molecular complexity index is 2080. The van der Waals surface area contributed by atoms with Crippen molar-refractivity contribution in [2.45, 2.75) is 0 Å². The minimum Gasteiger partial charge on any atom is -1.00 e. The summed E-state index contributed by atoms with van der Waals surface area (Å²) in [6.07, 6.45) is 26.8. The highest BCUT2D eigenvalue weighted by atomic mass is 35.5. The molecule has 6 aliphatic heterocycles. The highest BCUT2D eigenvalue weighted by molar-refractivity contribution is 5.95. The quantitative estimate of drug-likeness (QED) is 0.176. The van der Waals surface area contributed by atoms with Crippen molar-refractivity contribution in [3.05, 3.63) is 96.1 Å². The summed E-state index contributed by atoms with van der Waals surface area (Å²) >= 11 is 0. The van der Waals surface area contributed by atoms with Crippen molar-refractivity contribution in [1.82, 2.24) is 58.3 Å². The number of H-pyrrole nitrogens is 2. The molecule has 4 unspecified atom stereocenters. The molecule has 56 heavy (non-hydrogen) atoms. The maximum absolute atomic E-state index is 5.54. The first-order valence-corrected chi connectivity index (χ1v) is 18.1. The Hall–Kier alpha value is -3.60. The molecule has 2 N–H and O–H groups in total. The first-order valence-electron chi connectivity index (χ1n) is 18.1. The van der Waals surface area contributed by atoms with Crippen molar-refractivity contribution >= 4 is 69.1 Å². The Kier molecular flexibility index (Phi) is 11.9. The Morgan fingerprint density at radius 2 is 0.625 bits per heavy atom. The molecule has 3 aromatic heterocycles. The van der Waals surface area contributed by atoms with Crippen LogP contribution >= 0.6 is 0 Å². The van der Waals surface area contributed by atoms with E-state index in [1.54, 1.807) is 0 Å². The summed E-state index contributed by atoms with van der Waals surface area (Å²) in [5, 5.41) is 9.34. The number of likely N-dealkylation sites (N-methyl/N-ethyl adjacent to an activating group) is 4. The molecule has 9 heterocycles. The Balaban J connectivity index is 0.00000150. The van der Waals surface area contributed by atoms with Gasteiger partial charge in [-0.15, -0.1) is 20.0 Å². The maximum Gasteiger partial charge on any atom is 0.206 e. The average Bonchev–Trinajstić information content (AvgIpc) is 3.96. The van der Waals surface area contributed by atoms with E-state index in [4.69, 9.17) is 9.97 Å². The number of hydrogen-bond acceptors (Lipinski definition) is 6. The van der Waals surface area contributed by atoms with E-state index in [0.717, 1.165) is 93.8 Å². The van der Waals surface area contributed by atoms with Crippen LogP contribution in [-0.2, 0) is 0 Å². The van der Waals surface area contributed by atoms with E-state index < -0.39 is 0 Å². The first-order chi connectivity index (χ1) is 24.9. The standard InChI is InChI=1S/C40H50N12.4ClH/c1-45-21-9-25-49(45,5)37-29-13-15-31(41-29)38(50(6)26-10-22-46(50)2)33-17-19-35(43-33)40(52(8)28-12-24-48(52)4)36-20-18-34(44-36)39(32-16-14-30(37)42-32)51(7)27-11-23-47(51)3;;;;/h9-20,25-28,41,44H,21-24H2,1-8H3;4*1H/q+4;;;;/p-4. The fourth-order valence-electron chi connectivity index (χ4n) is 8.78. The molecular formula is C40H50Cl4N12. The van der Waals surface area contributed by atoms with Gasteiger partial charge in [0.1, 0.15) is 69.6 Å². The molecule has 0 spiro atoms. The lowest BCUT2D eigenvalue weighted by Crippen LogP contribution is -3.00. The van der Waals surface area contributed by atoms with Crippen LogP contribution < -0.4 is 68.0 Å². The molecule has 6 aliphatic rings. The summed E-state index contributed by atoms with van der Waals surface area (Å²) in [6, 6.07) is 8.88. The van der Waals surface area contributed by atoms with Gasteiger partial charge < -0.3 is 59.6 Å². The molecule has 8 bridgehead atoms. The van der Waals surface area contributed by atoms with Gasteiger partial charge in [0.2, 0.25) is 22.7 Å². The topological polar surface area (TPSA) is 70.3 Å². The summed E-state index contributed by atoms with van der Waals surface area (Å²) in [4.78, 5) is 18.9. The molecule has 3 aromatic rings. The predicted molar refractivity (Wildman–Crippen MR) is 217 cm³/mol. The third-order valence-electron chi connectivity index (χ3n) is 12.4.